The quantitative estimate of drug-likeness (QED) is 0.678. The van der Waals surface area contributed by atoms with E-state index in [4.69, 9.17) is 9.40 Å². The number of nitrogens with zero attached hydrogens (tertiary/aromatic N) is 4. The summed E-state index contributed by atoms with van der Waals surface area (Å²) in [7, 11) is -3.61. The second kappa shape index (κ2) is 6.49. The molecule has 0 radical (unpaired) electrons. The number of hydrogen-bond acceptors (Lipinski definition) is 8. The Morgan fingerprint density at radius 2 is 1.93 bits per heavy atom. The van der Waals surface area contributed by atoms with Crippen molar-refractivity contribution >= 4 is 38.5 Å². The first-order chi connectivity index (χ1) is 14.1. The van der Waals surface area contributed by atoms with Crippen molar-refractivity contribution in [3.05, 3.63) is 23.7 Å². The van der Waals surface area contributed by atoms with Crippen LogP contribution in [-0.4, -0.2) is 61.0 Å². The second-order valence-electron chi connectivity index (χ2n) is 7.94. The maximum Gasteiger partial charge on any atom is 0.298 e. The zero-order valence-electron chi connectivity index (χ0n) is 15.7. The molecule has 3 aromatic rings. The minimum atomic E-state index is -3.61. The molecule has 2 atom stereocenters. The van der Waals surface area contributed by atoms with E-state index in [0.29, 0.717) is 42.3 Å². The summed E-state index contributed by atoms with van der Waals surface area (Å²) in [5, 5.41) is 6.19. The third kappa shape index (κ3) is 2.81. The summed E-state index contributed by atoms with van der Waals surface area (Å²) in [6.45, 7) is 2.77. The molecule has 7 rings (SSSR count). The molecular formula is C19H21N5O3S2. The Morgan fingerprint density at radius 1 is 1.17 bits per heavy atom. The SMILES string of the molecule is O=S(=O)(c1ccc(-c2nccs2)c2oc(N3CC4CC(C3)N4)nc12)N1CCCC1. The smallest absolute Gasteiger partial charge is 0.298 e. The molecule has 4 fully saturated rings. The first-order valence-corrected chi connectivity index (χ1v) is 12.3. The van der Waals surface area contributed by atoms with Crippen LogP contribution >= 0.6 is 11.3 Å². The molecule has 8 nitrogen and oxygen atoms in total. The first-order valence-electron chi connectivity index (χ1n) is 9.94. The number of oxazole rings is 1. The molecule has 6 heterocycles. The Kier molecular flexibility index (Phi) is 3.99. The van der Waals surface area contributed by atoms with Gasteiger partial charge in [0.2, 0.25) is 10.0 Å². The van der Waals surface area contributed by atoms with E-state index in [-0.39, 0.29) is 4.90 Å². The number of rotatable bonds is 4. The van der Waals surface area contributed by atoms with E-state index in [1.165, 1.54) is 17.8 Å². The maximum absolute atomic E-state index is 13.3. The largest absolute Gasteiger partial charge is 0.423 e. The molecule has 4 aliphatic rings. The highest BCUT2D eigenvalue weighted by molar-refractivity contribution is 7.89. The van der Waals surface area contributed by atoms with Crippen LogP contribution in [0.1, 0.15) is 19.3 Å². The number of piperidine rings is 1. The van der Waals surface area contributed by atoms with Crippen LogP contribution in [0.5, 0.6) is 0 Å². The van der Waals surface area contributed by atoms with E-state index in [9.17, 15) is 8.42 Å². The lowest BCUT2D eigenvalue weighted by Gasteiger charge is -2.47. The summed E-state index contributed by atoms with van der Waals surface area (Å²) < 4.78 is 34.4. The number of nitrogens with one attached hydrogen (secondary N) is 1. The Bertz CT molecular complexity index is 1150. The van der Waals surface area contributed by atoms with Crippen molar-refractivity contribution in [1.82, 2.24) is 19.6 Å². The molecule has 0 spiro atoms. The van der Waals surface area contributed by atoms with Gasteiger partial charge in [-0.2, -0.15) is 9.29 Å². The third-order valence-electron chi connectivity index (χ3n) is 6.03. The molecule has 29 heavy (non-hydrogen) atoms. The highest BCUT2D eigenvalue weighted by Gasteiger charge is 2.39. The molecule has 0 aliphatic carbocycles. The summed E-state index contributed by atoms with van der Waals surface area (Å²) in [6.07, 6.45) is 4.71. The zero-order valence-corrected chi connectivity index (χ0v) is 17.4. The summed E-state index contributed by atoms with van der Waals surface area (Å²) in [4.78, 5) is 11.4. The number of aromatic nitrogens is 2. The number of thiazole rings is 1. The fraction of sp³-hybridized carbons (Fsp3) is 0.474. The molecule has 152 valence electrons. The van der Waals surface area contributed by atoms with Gasteiger partial charge in [0.05, 0.1) is 5.56 Å². The van der Waals surface area contributed by atoms with Crippen molar-refractivity contribution in [3.8, 4) is 10.6 Å². The Labute approximate surface area is 172 Å². The second-order valence-corrected chi connectivity index (χ2v) is 10.7. The number of hydrogen-bond donors (Lipinski definition) is 1. The molecule has 0 saturated carbocycles. The minimum Gasteiger partial charge on any atom is -0.423 e. The van der Waals surface area contributed by atoms with E-state index < -0.39 is 10.0 Å². The molecule has 4 saturated heterocycles. The average Bonchev–Trinajstić information content (AvgIpc) is 3.48. The lowest BCUT2D eigenvalue weighted by atomic mass is 9.92. The van der Waals surface area contributed by atoms with Crippen molar-refractivity contribution in [2.24, 2.45) is 0 Å². The number of sulfonamides is 1. The standard InChI is InChI=1S/C19H21N5O3S2/c25-29(26,24-6-1-2-7-24)15-4-3-14(18-20-5-8-28-18)17-16(15)22-19(27-17)23-10-12-9-13(11-23)21-12/h3-5,8,12-13,21H,1-2,6-7,9-11H2. The van der Waals surface area contributed by atoms with Gasteiger partial charge in [-0.05, 0) is 31.4 Å². The normalized spacial score (nSPS) is 24.9. The molecule has 4 aliphatic heterocycles. The topological polar surface area (TPSA) is 91.6 Å². The molecule has 2 unspecified atom stereocenters. The first kappa shape index (κ1) is 17.8. The van der Waals surface area contributed by atoms with Crippen LogP contribution in [0, 0.1) is 0 Å². The van der Waals surface area contributed by atoms with Crippen LogP contribution in [0.25, 0.3) is 21.7 Å². The molecule has 10 heteroatoms. The summed E-state index contributed by atoms with van der Waals surface area (Å²) in [5.41, 5.74) is 1.70. The molecule has 1 N–H and O–H groups in total. The van der Waals surface area contributed by atoms with Crippen molar-refractivity contribution in [2.45, 2.75) is 36.2 Å². The van der Waals surface area contributed by atoms with Crippen LogP contribution in [0.15, 0.2) is 33.0 Å². The van der Waals surface area contributed by atoms with Crippen molar-refractivity contribution in [1.29, 1.82) is 0 Å². The fourth-order valence-electron chi connectivity index (χ4n) is 4.58. The van der Waals surface area contributed by atoms with Crippen molar-refractivity contribution in [2.75, 3.05) is 31.1 Å². The van der Waals surface area contributed by atoms with Gasteiger partial charge in [0.25, 0.3) is 6.01 Å². The Hall–Kier alpha value is -2.01. The summed E-state index contributed by atoms with van der Waals surface area (Å²) in [5.74, 6) is 0. The van der Waals surface area contributed by atoms with Gasteiger partial charge in [-0.3, -0.25) is 0 Å². The van der Waals surface area contributed by atoms with Gasteiger partial charge in [0.15, 0.2) is 5.58 Å². The van der Waals surface area contributed by atoms with Crippen LogP contribution in [0.4, 0.5) is 6.01 Å². The predicted octanol–water partition coefficient (Wildman–Crippen LogP) is 2.29. The Morgan fingerprint density at radius 3 is 2.62 bits per heavy atom. The van der Waals surface area contributed by atoms with Crippen molar-refractivity contribution in [3.63, 3.8) is 0 Å². The van der Waals surface area contributed by atoms with E-state index in [1.807, 2.05) is 5.38 Å². The highest BCUT2D eigenvalue weighted by Crippen LogP contribution is 2.38. The molecular weight excluding hydrogens is 410 g/mol. The van der Waals surface area contributed by atoms with Gasteiger partial charge in [-0.25, -0.2) is 13.4 Å². The predicted molar refractivity (Wildman–Crippen MR) is 111 cm³/mol. The number of benzene rings is 1. The lowest BCUT2D eigenvalue weighted by molar-refractivity contribution is 0.220. The van der Waals surface area contributed by atoms with E-state index in [1.54, 1.807) is 22.6 Å². The van der Waals surface area contributed by atoms with Crippen LogP contribution in [0.3, 0.4) is 0 Å². The minimum absolute atomic E-state index is 0.227. The monoisotopic (exact) mass is 431 g/mol. The number of anilines is 1. The van der Waals surface area contributed by atoms with Crippen molar-refractivity contribution < 1.29 is 12.8 Å². The molecule has 1 aromatic carbocycles. The summed E-state index contributed by atoms with van der Waals surface area (Å²) in [6, 6.07) is 4.87. The van der Waals surface area contributed by atoms with Gasteiger partial charge >= 0.3 is 0 Å². The maximum atomic E-state index is 13.3. The molecule has 2 bridgehead atoms. The molecule has 2 aromatic heterocycles. The van der Waals surface area contributed by atoms with E-state index in [0.717, 1.165) is 36.5 Å². The van der Waals surface area contributed by atoms with E-state index >= 15 is 0 Å². The molecule has 0 amide bonds. The van der Waals surface area contributed by atoms with Gasteiger partial charge in [0.1, 0.15) is 15.4 Å². The Balaban J connectivity index is 1.51. The van der Waals surface area contributed by atoms with E-state index in [2.05, 4.69) is 15.2 Å². The van der Waals surface area contributed by atoms with Crippen LogP contribution in [0.2, 0.25) is 0 Å². The number of fused-ring (bicyclic) bond motifs is 3. The average molecular weight is 432 g/mol. The van der Waals surface area contributed by atoms with Crippen LogP contribution in [-0.2, 0) is 10.0 Å². The van der Waals surface area contributed by atoms with Gasteiger partial charge < -0.3 is 14.6 Å². The fourth-order valence-corrected chi connectivity index (χ4v) is 6.88. The van der Waals surface area contributed by atoms with Gasteiger partial charge in [-0.15, -0.1) is 11.3 Å². The van der Waals surface area contributed by atoms with Crippen LogP contribution < -0.4 is 10.2 Å². The highest BCUT2D eigenvalue weighted by atomic mass is 32.2. The third-order valence-corrected chi connectivity index (χ3v) is 8.77. The lowest BCUT2D eigenvalue weighted by Crippen LogP contribution is -2.67. The summed E-state index contributed by atoms with van der Waals surface area (Å²) >= 11 is 1.50. The number of piperazine rings is 1. The van der Waals surface area contributed by atoms with Gasteiger partial charge in [0, 0.05) is 49.8 Å². The zero-order chi connectivity index (χ0) is 19.6. The van der Waals surface area contributed by atoms with Gasteiger partial charge in [-0.1, -0.05) is 0 Å².